The molecule has 0 bridgehead atoms. The molecule has 4 heteroatoms. The van der Waals surface area contributed by atoms with Gasteiger partial charge in [0.05, 0.1) is 5.52 Å². The lowest BCUT2D eigenvalue weighted by molar-refractivity contribution is 0.780. The van der Waals surface area contributed by atoms with E-state index in [4.69, 9.17) is 4.98 Å². The fourth-order valence-electron chi connectivity index (χ4n) is 2.52. The number of hydrogen-bond acceptors (Lipinski definition) is 3. The van der Waals surface area contributed by atoms with Crippen LogP contribution in [0.25, 0.3) is 15.9 Å². The van der Waals surface area contributed by atoms with Crippen molar-refractivity contribution in [1.29, 1.82) is 0 Å². The minimum atomic E-state index is 1.06. The van der Waals surface area contributed by atoms with Gasteiger partial charge in [0.15, 0.2) is 5.82 Å². The van der Waals surface area contributed by atoms with Crippen LogP contribution in [0, 0.1) is 0 Å². The third-order valence-electron chi connectivity index (χ3n) is 3.37. The Bertz CT molecular complexity index is 738. The maximum absolute atomic E-state index is 4.82. The lowest BCUT2D eigenvalue weighted by Gasteiger charge is -2.23. The first-order chi connectivity index (χ1) is 8.93. The van der Waals surface area contributed by atoms with Gasteiger partial charge in [0.1, 0.15) is 10.3 Å². The predicted molar refractivity (Wildman–Crippen MR) is 76.3 cm³/mol. The zero-order valence-electron chi connectivity index (χ0n) is 9.91. The molecular formula is C14H13N3S. The van der Waals surface area contributed by atoms with Crippen molar-refractivity contribution in [1.82, 2.24) is 9.38 Å². The molecule has 90 valence electrons. The van der Waals surface area contributed by atoms with E-state index < -0.39 is 0 Å². The van der Waals surface area contributed by atoms with Crippen molar-refractivity contribution in [2.45, 2.75) is 12.8 Å². The number of aromatic nitrogens is 2. The van der Waals surface area contributed by atoms with E-state index in [1.54, 1.807) is 11.3 Å². The molecule has 1 aliphatic heterocycles. The highest BCUT2D eigenvalue weighted by molar-refractivity contribution is 7.16. The highest BCUT2D eigenvalue weighted by atomic mass is 32.1. The zero-order valence-corrected chi connectivity index (χ0v) is 10.7. The molecule has 0 aromatic carbocycles. The fourth-order valence-corrected chi connectivity index (χ4v) is 3.35. The SMILES string of the molecule is C1=CN(c2nc3ccsc3n3cccc23)CCC1. The van der Waals surface area contributed by atoms with Crippen molar-refractivity contribution >= 4 is 33.0 Å². The van der Waals surface area contributed by atoms with Gasteiger partial charge in [0.25, 0.3) is 0 Å². The second-order valence-corrected chi connectivity index (χ2v) is 5.42. The minimum absolute atomic E-state index is 1.06. The van der Waals surface area contributed by atoms with E-state index in [2.05, 4.69) is 51.4 Å². The van der Waals surface area contributed by atoms with Gasteiger partial charge >= 0.3 is 0 Å². The number of anilines is 1. The molecule has 0 aliphatic carbocycles. The molecule has 0 radical (unpaired) electrons. The molecule has 0 N–H and O–H groups in total. The van der Waals surface area contributed by atoms with E-state index in [1.807, 2.05) is 0 Å². The van der Waals surface area contributed by atoms with Crippen LogP contribution in [0.1, 0.15) is 12.8 Å². The number of thiophene rings is 1. The Morgan fingerprint density at radius 3 is 3.17 bits per heavy atom. The minimum Gasteiger partial charge on any atom is -0.332 e. The van der Waals surface area contributed by atoms with Crippen LogP contribution >= 0.6 is 11.3 Å². The van der Waals surface area contributed by atoms with Crippen LogP contribution < -0.4 is 4.90 Å². The van der Waals surface area contributed by atoms with E-state index in [0.717, 1.165) is 17.9 Å². The molecule has 0 spiro atoms. The van der Waals surface area contributed by atoms with E-state index in [1.165, 1.54) is 23.2 Å². The van der Waals surface area contributed by atoms with Crippen LogP contribution in [0.3, 0.4) is 0 Å². The lowest BCUT2D eigenvalue weighted by Crippen LogP contribution is -2.21. The summed E-state index contributed by atoms with van der Waals surface area (Å²) in [4.78, 5) is 8.31. The number of allylic oxidation sites excluding steroid dienone is 1. The van der Waals surface area contributed by atoms with Crippen LogP contribution in [-0.4, -0.2) is 15.9 Å². The average molecular weight is 255 g/mol. The van der Waals surface area contributed by atoms with Crippen LogP contribution in [0.2, 0.25) is 0 Å². The van der Waals surface area contributed by atoms with Crippen molar-refractivity contribution in [3.05, 3.63) is 42.1 Å². The monoisotopic (exact) mass is 255 g/mol. The van der Waals surface area contributed by atoms with Gasteiger partial charge in [-0.1, -0.05) is 6.08 Å². The summed E-state index contributed by atoms with van der Waals surface area (Å²) in [7, 11) is 0. The highest BCUT2D eigenvalue weighted by Crippen LogP contribution is 2.29. The second-order valence-electron chi connectivity index (χ2n) is 4.53. The summed E-state index contributed by atoms with van der Waals surface area (Å²) in [5.41, 5.74) is 2.27. The molecule has 18 heavy (non-hydrogen) atoms. The van der Waals surface area contributed by atoms with Gasteiger partial charge in [-0.05, 0) is 36.4 Å². The molecule has 4 rings (SSSR count). The van der Waals surface area contributed by atoms with Gasteiger partial charge in [-0.25, -0.2) is 4.98 Å². The lowest BCUT2D eigenvalue weighted by atomic mass is 10.2. The molecule has 0 amide bonds. The second kappa shape index (κ2) is 3.85. The topological polar surface area (TPSA) is 20.5 Å². The number of fused-ring (bicyclic) bond motifs is 3. The summed E-state index contributed by atoms with van der Waals surface area (Å²) < 4.78 is 2.24. The first kappa shape index (κ1) is 10.1. The Morgan fingerprint density at radius 2 is 2.28 bits per heavy atom. The molecule has 3 nitrogen and oxygen atoms in total. The van der Waals surface area contributed by atoms with Crippen LogP contribution in [0.5, 0.6) is 0 Å². The number of hydrogen-bond donors (Lipinski definition) is 0. The van der Waals surface area contributed by atoms with E-state index >= 15 is 0 Å². The van der Waals surface area contributed by atoms with Gasteiger partial charge < -0.3 is 9.30 Å². The third kappa shape index (κ3) is 1.39. The van der Waals surface area contributed by atoms with Gasteiger partial charge in [0.2, 0.25) is 0 Å². The van der Waals surface area contributed by atoms with E-state index in [0.29, 0.717) is 0 Å². The van der Waals surface area contributed by atoms with Gasteiger partial charge in [0, 0.05) is 18.9 Å². The summed E-state index contributed by atoms with van der Waals surface area (Å²) in [6.07, 6.45) is 8.88. The Morgan fingerprint density at radius 1 is 1.28 bits per heavy atom. The predicted octanol–water partition coefficient (Wildman–Crippen LogP) is 3.66. The summed E-state index contributed by atoms with van der Waals surface area (Å²) in [6.45, 7) is 1.06. The van der Waals surface area contributed by atoms with Crippen molar-refractivity contribution in [2.24, 2.45) is 0 Å². The Labute approximate surface area is 109 Å². The Hall–Kier alpha value is -1.81. The maximum Gasteiger partial charge on any atom is 0.157 e. The van der Waals surface area contributed by atoms with E-state index in [-0.39, 0.29) is 0 Å². The number of nitrogens with zero attached hydrogens (tertiary/aromatic N) is 3. The number of rotatable bonds is 1. The first-order valence-electron chi connectivity index (χ1n) is 6.21. The molecule has 1 aliphatic rings. The summed E-state index contributed by atoms with van der Waals surface area (Å²) >= 11 is 1.74. The van der Waals surface area contributed by atoms with Crippen LogP contribution in [0.15, 0.2) is 42.1 Å². The maximum atomic E-state index is 4.82. The molecule has 0 saturated heterocycles. The molecule has 4 heterocycles. The third-order valence-corrected chi connectivity index (χ3v) is 4.28. The van der Waals surface area contributed by atoms with Gasteiger partial charge in [-0.15, -0.1) is 11.3 Å². The van der Waals surface area contributed by atoms with Crippen LogP contribution in [-0.2, 0) is 0 Å². The first-order valence-corrected chi connectivity index (χ1v) is 7.09. The van der Waals surface area contributed by atoms with Crippen molar-refractivity contribution in [2.75, 3.05) is 11.4 Å². The van der Waals surface area contributed by atoms with Crippen molar-refractivity contribution in [3.63, 3.8) is 0 Å². The molecule has 0 saturated carbocycles. The van der Waals surface area contributed by atoms with Crippen molar-refractivity contribution in [3.8, 4) is 0 Å². The largest absolute Gasteiger partial charge is 0.332 e. The summed E-state index contributed by atoms with van der Waals surface area (Å²) in [5.74, 6) is 1.07. The molecule has 3 aromatic rings. The smallest absolute Gasteiger partial charge is 0.157 e. The van der Waals surface area contributed by atoms with Gasteiger partial charge in [-0.3, -0.25) is 0 Å². The van der Waals surface area contributed by atoms with Crippen molar-refractivity contribution < 1.29 is 0 Å². The van der Waals surface area contributed by atoms with Crippen LogP contribution in [0.4, 0.5) is 5.82 Å². The standard InChI is InChI=1S/C14H13N3S/c1-2-7-16(8-3-1)13-12-5-4-9-17(12)14-11(15-13)6-10-18-14/h2,4-7,9-10H,1,3,8H2. The zero-order chi connectivity index (χ0) is 11.9. The fraction of sp³-hybridized carbons (Fsp3) is 0.214. The summed E-state index contributed by atoms with van der Waals surface area (Å²) in [6, 6.07) is 6.33. The van der Waals surface area contributed by atoms with Gasteiger partial charge in [-0.2, -0.15) is 0 Å². The quantitative estimate of drug-likeness (QED) is 0.661. The average Bonchev–Trinajstić information content (AvgIpc) is 3.06. The Kier molecular flexibility index (Phi) is 2.17. The summed E-state index contributed by atoms with van der Waals surface area (Å²) in [5, 5.41) is 2.10. The molecular weight excluding hydrogens is 242 g/mol. The molecule has 0 fully saturated rings. The molecule has 0 unspecified atom stereocenters. The Balaban J connectivity index is 2.03. The normalized spacial score (nSPS) is 15.9. The molecule has 0 atom stereocenters. The highest BCUT2D eigenvalue weighted by Gasteiger charge is 2.14. The molecule has 3 aromatic heterocycles. The van der Waals surface area contributed by atoms with E-state index in [9.17, 15) is 0 Å².